The molecular weight excluding hydrogens is 197 g/mol. The summed E-state index contributed by atoms with van der Waals surface area (Å²) in [6, 6.07) is 0. The van der Waals surface area contributed by atoms with Gasteiger partial charge in [0.15, 0.2) is 0 Å². The number of hydrogen-bond donors (Lipinski definition) is 1. The van der Waals surface area contributed by atoms with Crippen LogP contribution in [0.2, 0.25) is 0 Å². The molecular formula is C4H12MgNO5P. The third-order valence-corrected chi connectivity index (χ3v) is 0.846. The summed E-state index contributed by atoms with van der Waals surface area (Å²) in [7, 11) is -3.63. The van der Waals surface area contributed by atoms with E-state index in [-0.39, 0.29) is 28.5 Å². The van der Waals surface area contributed by atoms with Crippen LogP contribution in [0.1, 0.15) is 0 Å². The smallest absolute Gasteiger partial charge is 0.813 e. The molecule has 0 unspecified atom stereocenters. The maximum Gasteiger partial charge on any atom is 2.00 e. The van der Waals surface area contributed by atoms with Gasteiger partial charge in [0.2, 0.25) is 0 Å². The van der Waals surface area contributed by atoms with Crippen molar-refractivity contribution in [2.45, 2.75) is 0 Å². The van der Waals surface area contributed by atoms with Crippen LogP contribution in [-0.4, -0.2) is 54.8 Å². The van der Waals surface area contributed by atoms with Gasteiger partial charge in [-0.2, -0.15) is 0 Å². The fourth-order valence-corrected chi connectivity index (χ4v) is 0.516. The fourth-order valence-electron chi connectivity index (χ4n) is 0.516. The van der Waals surface area contributed by atoms with Gasteiger partial charge in [-0.3, -0.25) is 0 Å². The van der Waals surface area contributed by atoms with E-state index >= 15 is 0 Å². The SMILES string of the molecule is C1COCCN1.O.O=[PH]([O-])[O-].[Mg+2]. The third kappa shape index (κ3) is 22.4. The molecule has 70 valence electrons. The van der Waals surface area contributed by atoms with Gasteiger partial charge in [0, 0.05) is 13.1 Å². The van der Waals surface area contributed by atoms with Crippen LogP contribution in [0.25, 0.3) is 0 Å². The van der Waals surface area contributed by atoms with Crippen molar-refractivity contribution >= 4 is 31.3 Å². The summed E-state index contributed by atoms with van der Waals surface area (Å²) < 4.78 is 13.5. The molecule has 8 heteroatoms. The molecule has 0 aromatic rings. The number of ether oxygens (including phenoxy) is 1. The van der Waals surface area contributed by atoms with Crippen molar-refractivity contribution in [1.82, 2.24) is 5.32 Å². The molecule has 0 atom stereocenters. The average Bonchev–Trinajstić information content (AvgIpc) is 1.90. The number of nitrogens with one attached hydrogen (secondary N) is 1. The van der Waals surface area contributed by atoms with E-state index in [9.17, 15) is 0 Å². The Morgan fingerprint density at radius 2 is 1.58 bits per heavy atom. The Kier molecular flexibility index (Phi) is 22.2. The van der Waals surface area contributed by atoms with Crippen molar-refractivity contribution in [3.63, 3.8) is 0 Å². The van der Waals surface area contributed by atoms with E-state index in [4.69, 9.17) is 19.1 Å². The van der Waals surface area contributed by atoms with Crippen molar-refractivity contribution in [3.8, 4) is 0 Å². The number of rotatable bonds is 0. The van der Waals surface area contributed by atoms with Gasteiger partial charge in [0.1, 0.15) is 0 Å². The van der Waals surface area contributed by atoms with Crippen molar-refractivity contribution in [1.29, 1.82) is 0 Å². The Hall–Kier alpha value is 0.796. The molecule has 0 amide bonds. The van der Waals surface area contributed by atoms with Crippen LogP contribution in [-0.2, 0) is 9.30 Å². The Labute approximate surface area is 87.7 Å². The standard InChI is InChI=1S/C4H9NO.Mg.H3O3P.H2O/c1-3-6-4-2-5-1;;1-4(2)3;/h5H,1-4H2;;4H,(H2,1,2,3);1H2/q;+2;;/p-2. The predicted octanol–water partition coefficient (Wildman–Crippen LogP) is -3.50. The maximum atomic E-state index is 8.52. The van der Waals surface area contributed by atoms with Crippen molar-refractivity contribution in [2.75, 3.05) is 26.3 Å². The van der Waals surface area contributed by atoms with Gasteiger partial charge < -0.3 is 29.9 Å². The zero-order valence-corrected chi connectivity index (χ0v) is 9.08. The minimum atomic E-state index is -3.63. The number of morpholine rings is 1. The molecule has 1 saturated heterocycles. The monoisotopic (exact) mass is 209 g/mol. The number of hydrogen-bond acceptors (Lipinski definition) is 5. The largest absolute Gasteiger partial charge is 2.00 e. The van der Waals surface area contributed by atoms with Gasteiger partial charge in [-0.1, -0.05) is 8.25 Å². The summed E-state index contributed by atoms with van der Waals surface area (Å²) in [5, 5.41) is 3.16. The first-order valence-electron chi connectivity index (χ1n) is 2.90. The molecule has 0 aromatic heterocycles. The normalized spacial score (nSPS) is 14.9. The second kappa shape index (κ2) is 14.3. The molecule has 1 fully saturated rings. The summed E-state index contributed by atoms with van der Waals surface area (Å²) in [6.07, 6.45) is 0. The Bertz CT molecular complexity index is 85.9. The van der Waals surface area contributed by atoms with Crippen LogP contribution < -0.4 is 15.1 Å². The van der Waals surface area contributed by atoms with E-state index in [1.54, 1.807) is 0 Å². The van der Waals surface area contributed by atoms with Crippen LogP contribution in [0.3, 0.4) is 0 Å². The van der Waals surface area contributed by atoms with Crippen molar-refractivity contribution < 1.29 is 24.6 Å². The van der Waals surface area contributed by atoms with Gasteiger partial charge >= 0.3 is 23.1 Å². The zero-order chi connectivity index (χ0) is 7.82. The second-order valence-electron chi connectivity index (χ2n) is 1.61. The molecule has 3 N–H and O–H groups in total. The molecule has 0 aromatic carbocycles. The van der Waals surface area contributed by atoms with Crippen molar-refractivity contribution in [3.05, 3.63) is 0 Å². The summed E-state index contributed by atoms with van der Waals surface area (Å²) in [4.78, 5) is 17.0. The topological polar surface area (TPSA) is 116 Å². The summed E-state index contributed by atoms with van der Waals surface area (Å²) >= 11 is 0. The maximum absolute atomic E-state index is 8.52. The van der Waals surface area contributed by atoms with Crippen LogP contribution in [0.15, 0.2) is 0 Å². The molecule has 12 heavy (non-hydrogen) atoms. The molecule has 1 aliphatic heterocycles. The minimum absolute atomic E-state index is 0. The summed E-state index contributed by atoms with van der Waals surface area (Å²) in [5.41, 5.74) is 0. The van der Waals surface area contributed by atoms with Gasteiger partial charge in [0.05, 0.1) is 13.2 Å². The Balaban J connectivity index is -0.000000124. The van der Waals surface area contributed by atoms with Crippen molar-refractivity contribution in [2.24, 2.45) is 0 Å². The molecule has 0 aliphatic carbocycles. The van der Waals surface area contributed by atoms with Crippen LogP contribution in [0.4, 0.5) is 0 Å². The van der Waals surface area contributed by atoms with Gasteiger partial charge in [-0.05, 0) is 0 Å². The third-order valence-electron chi connectivity index (χ3n) is 0.846. The fraction of sp³-hybridized carbons (Fsp3) is 1.00. The minimum Gasteiger partial charge on any atom is -0.813 e. The van der Waals surface area contributed by atoms with Gasteiger partial charge in [-0.15, -0.1) is 0 Å². The predicted molar refractivity (Wildman–Crippen MR) is 42.1 cm³/mol. The first-order chi connectivity index (χ1) is 4.73. The van der Waals surface area contributed by atoms with E-state index in [0.29, 0.717) is 0 Å². The molecule has 0 radical (unpaired) electrons. The van der Waals surface area contributed by atoms with E-state index in [1.807, 2.05) is 0 Å². The Morgan fingerprint density at radius 1 is 1.25 bits per heavy atom. The van der Waals surface area contributed by atoms with E-state index in [1.165, 1.54) is 0 Å². The van der Waals surface area contributed by atoms with Crippen LogP contribution in [0, 0.1) is 0 Å². The summed E-state index contributed by atoms with van der Waals surface area (Å²) in [6.45, 7) is 3.83. The zero-order valence-electron chi connectivity index (χ0n) is 6.67. The molecule has 0 saturated carbocycles. The Morgan fingerprint density at radius 3 is 1.67 bits per heavy atom. The molecule has 1 heterocycles. The van der Waals surface area contributed by atoms with E-state index < -0.39 is 8.25 Å². The summed E-state index contributed by atoms with van der Waals surface area (Å²) in [5.74, 6) is 0. The van der Waals surface area contributed by atoms with Crippen LogP contribution in [0.5, 0.6) is 0 Å². The van der Waals surface area contributed by atoms with E-state index in [2.05, 4.69) is 5.32 Å². The molecule has 0 bridgehead atoms. The molecule has 0 spiro atoms. The molecule has 1 rings (SSSR count). The second-order valence-corrected chi connectivity index (χ2v) is 2.11. The van der Waals surface area contributed by atoms with Gasteiger partial charge in [0.25, 0.3) is 0 Å². The molecule has 1 aliphatic rings. The van der Waals surface area contributed by atoms with Crippen LogP contribution >= 0.6 is 8.25 Å². The first-order valence-corrected chi connectivity index (χ1v) is 4.12. The van der Waals surface area contributed by atoms with E-state index in [0.717, 1.165) is 26.3 Å². The quantitative estimate of drug-likeness (QED) is 0.328. The average molecular weight is 209 g/mol. The van der Waals surface area contributed by atoms with Gasteiger partial charge in [-0.25, -0.2) is 0 Å². The first kappa shape index (κ1) is 18.6. The molecule has 6 nitrogen and oxygen atoms in total.